The van der Waals surface area contributed by atoms with Gasteiger partial charge in [0.1, 0.15) is 0 Å². The van der Waals surface area contributed by atoms with E-state index >= 15 is 0 Å². The molecule has 1 heterocycles. The van der Waals surface area contributed by atoms with Crippen molar-refractivity contribution in [3.8, 4) is 0 Å². The molecule has 0 aliphatic rings. The van der Waals surface area contributed by atoms with E-state index < -0.39 is 0 Å². The SMILES string of the molecule is Cc1cncc(C)c1. The number of hydrogen-bond donors (Lipinski definition) is 0. The third kappa shape index (κ3) is 1.06. The molecule has 0 aliphatic heterocycles. The lowest BCUT2D eigenvalue weighted by Crippen LogP contribution is -1.76. The molecule has 1 aromatic rings. The quantitative estimate of drug-likeness (QED) is 0.491. The average Bonchev–Trinajstić information content (AvgIpc) is 1.64. The smallest absolute Gasteiger partial charge is 0.0297 e. The molecule has 0 aliphatic carbocycles. The van der Waals surface area contributed by atoms with E-state index in [1.807, 2.05) is 26.2 Å². The first-order valence-electron chi connectivity index (χ1n) is 2.67. The van der Waals surface area contributed by atoms with Gasteiger partial charge in [-0.05, 0) is 25.0 Å². The van der Waals surface area contributed by atoms with Crippen LogP contribution in [0.2, 0.25) is 0 Å². The normalized spacial score (nSPS) is 9.25. The first kappa shape index (κ1) is 5.29. The second-order valence-electron chi connectivity index (χ2n) is 2.04. The van der Waals surface area contributed by atoms with Gasteiger partial charge in [0.05, 0.1) is 0 Å². The van der Waals surface area contributed by atoms with Crippen molar-refractivity contribution in [3.05, 3.63) is 29.6 Å². The molecule has 0 atom stereocenters. The summed E-state index contributed by atoms with van der Waals surface area (Å²) < 4.78 is 0. The van der Waals surface area contributed by atoms with Gasteiger partial charge in [-0.2, -0.15) is 0 Å². The Bertz CT molecular complexity index is 164. The number of aryl methyl sites for hydroxylation is 2. The molecule has 0 amide bonds. The molecular weight excluding hydrogens is 98.1 g/mol. The maximum Gasteiger partial charge on any atom is 0.0297 e. The number of hydrogen-bond acceptors (Lipinski definition) is 1. The van der Waals surface area contributed by atoms with Crippen LogP contribution < -0.4 is 0 Å². The Morgan fingerprint density at radius 2 is 1.62 bits per heavy atom. The lowest BCUT2D eigenvalue weighted by molar-refractivity contribution is 1.22. The number of pyridine rings is 1. The topological polar surface area (TPSA) is 12.9 Å². The summed E-state index contributed by atoms with van der Waals surface area (Å²) in [6.45, 7) is 4.08. The number of aromatic nitrogens is 1. The van der Waals surface area contributed by atoms with Crippen LogP contribution in [0.5, 0.6) is 0 Å². The highest BCUT2D eigenvalue weighted by atomic mass is 14.6. The molecular formula is C7H9N. The van der Waals surface area contributed by atoms with Crippen LogP contribution in [0.15, 0.2) is 18.5 Å². The maximum atomic E-state index is 3.98. The molecule has 0 fully saturated rings. The van der Waals surface area contributed by atoms with E-state index in [9.17, 15) is 0 Å². The Kier molecular flexibility index (Phi) is 1.29. The molecule has 0 bridgehead atoms. The fraction of sp³-hybridized carbons (Fsp3) is 0.286. The average molecular weight is 107 g/mol. The van der Waals surface area contributed by atoms with Crippen molar-refractivity contribution >= 4 is 0 Å². The van der Waals surface area contributed by atoms with Crippen LogP contribution in [-0.4, -0.2) is 4.98 Å². The molecule has 1 nitrogen and oxygen atoms in total. The van der Waals surface area contributed by atoms with Gasteiger partial charge in [-0.25, -0.2) is 0 Å². The summed E-state index contributed by atoms with van der Waals surface area (Å²) in [5.41, 5.74) is 2.45. The second-order valence-corrected chi connectivity index (χ2v) is 2.04. The molecule has 1 heteroatoms. The van der Waals surface area contributed by atoms with E-state index in [0.29, 0.717) is 0 Å². The second kappa shape index (κ2) is 1.95. The van der Waals surface area contributed by atoms with Crippen LogP contribution in [0.1, 0.15) is 11.1 Å². The number of rotatable bonds is 0. The molecule has 0 spiro atoms. The van der Waals surface area contributed by atoms with Gasteiger partial charge in [-0.1, -0.05) is 6.07 Å². The van der Waals surface area contributed by atoms with Gasteiger partial charge in [0.15, 0.2) is 0 Å². The molecule has 0 unspecified atom stereocenters. The van der Waals surface area contributed by atoms with Crippen molar-refractivity contribution < 1.29 is 0 Å². The third-order valence-corrected chi connectivity index (χ3v) is 1.01. The lowest BCUT2D eigenvalue weighted by atomic mass is 10.2. The first-order chi connectivity index (χ1) is 3.79. The van der Waals surface area contributed by atoms with Crippen LogP contribution in [0.4, 0.5) is 0 Å². The Morgan fingerprint density at radius 3 is 1.88 bits per heavy atom. The number of nitrogens with zero attached hydrogens (tertiary/aromatic N) is 1. The van der Waals surface area contributed by atoms with E-state index in [1.54, 1.807) is 0 Å². The van der Waals surface area contributed by atoms with E-state index in [-0.39, 0.29) is 0 Å². The van der Waals surface area contributed by atoms with Crippen molar-refractivity contribution in [1.29, 1.82) is 0 Å². The van der Waals surface area contributed by atoms with Crippen LogP contribution in [0.3, 0.4) is 0 Å². The van der Waals surface area contributed by atoms with Crippen molar-refractivity contribution in [2.75, 3.05) is 0 Å². The van der Waals surface area contributed by atoms with Crippen LogP contribution >= 0.6 is 0 Å². The van der Waals surface area contributed by atoms with Crippen molar-refractivity contribution in [3.63, 3.8) is 0 Å². The highest BCUT2D eigenvalue weighted by Crippen LogP contribution is 1.96. The highest BCUT2D eigenvalue weighted by molar-refractivity contribution is 5.14. The van der Waals surface area contributed by atoms with Crippen molar-refractivity contribution in [2.24, 2.45) is 0 Å². The van der Waals surface area contributed by atoms with Crippen molar-refractivity contribution in [1.82, 2.24) is 4.98 Å². The Balaban J connectivity index is 3.08. The fourth-order valence-corrected chi connectivity index (χ4v) is 0.706. The summed E-state index contributed by atoms with van der Waals surface area (Å²) in [5.74, 6) is 0. The van der Waals surface area contributed by atoms with Gasteiger partial charge in [0.2, 0.25) is 0 Å². The maximum absolute atomic E-state index is 3.98. The first-order valence-corrected chi connectivity index (χ1v) is 2.67. The highest BCUT2D eigenvalue weighted by Gasteiger charge is 1.81. The summed E-state index contributed by atoms with van der Waals surface area (Å²) >= 11 is 0. The summed E-state index contributed by atoms with van der Waals surface area (Å²) in [6, 6.07) is 2.10. The van der Waals surface area contributed by atoms with Crippen LogP contribution in [-0.2, 0) is 0 Å². The van der Waals surface area contributed by atoms with Gasteiger partial charge in [-0.3, -0.25) is 4.98 Å². The molecule has 8 heavy (non-hydrogen) atoms. The Hall–Kier alpha value is -0.850. The van der Waals surface area contributed by atoms with Crippen LogP contribution in [0, 0.1) is 13.8 Å². The minimum absolute atomic E-state index is 1.23. The minimum atomic E-state index is 1.23. The van der Waals surface area contributed by atoms with E-state index in [2.05, 4.69) is 11.1 Å². The van der Waals surface area contributed by atoms with E-state index in [1.165, 1.54) is 11.1 Å². The molecule has 0 N–H and O–H groups in total. The monoisotopic (exact) mass is 107 g/mol. The van der Waals surface area contributed by atoms with Gasteiger partial charge >= 0.3 is 0 Å². The van der Waals surface area contributed by atoms with Gasteiger partial charge in [0, 0.05) is 12.4 Å². The summed E-state index contributed by atoms with van der Waals surface area (Å²) in [6.07, 6.45) is 3.71. The third-order valence-electron chi connectivity index (χ3n) is 1.01. The van der Waals surface area contributed by atoms with Crippen molar-refractivity contribution in [2.45, 2.75) is 13.8 Å². The lowest BCUT2D eigenvalue weighted by Gasteiger charge is -1.89. The van der Waals surface area contributed by atoms with Gasteiger partial charge < -0.3 is 0 Å². The van der Waals surface area contributed by atoms with Crippen LogP contribution in [0.25, 0.3) is 0 Å². The zero-order valence-electron chi connectivity index (χ0n) is 5.18. The zero-order chi connectivity index (χ0) is 5.98. The molecule has 0 radical (unpaired) electrons. The zero-order valence-corrected chi connectivity index (χ0v) is 5.18. The molecule has 1 rings (SSSR count). The molecule has 0 aromatic carbocycles. The molecule has 42 valence electrons. The summed E-state index contributed by atoms with van der Waals surface area (Å²) in [5, 5.41) is 0. The summed E-state index contributed by atoms with van der Waals surface area (Å²) in [4.78, 5) is 3.98. The van der Waals surface area contributed by atoms with E-state index in [0.717, 1.165) is 0 Å². The summed E-state index contributed by atoms with van der Waals surface area (Å²) in [7, 11) is 0. The largest absolute Gasteiger partial charge is 0.264 e. The molecule has 0 saturated heterocycles. The molecule has 0 saturated carbocycles. The standard InChI is InChI=1S/C7H9N/c1-6-3-7(2)5-8-4-6/h3-5H,1-2H3. The minimum Gasteiger partial charge on any atom is -0.264 e. The fourth-order valence-electron chi connectivity index (χ4n) is 0.706. The van der Waals surface area contributed by atoms with Gasteiger partial charge in [-0.15, -0.1) is 0 Å². The van der Waals surface area contributed by atoms with Gasteiger partial charge in [0.25, 0.3) is 0 Å². The Labute approximate surface area is 49.4 Å². The Morgan fingerprint density at radius 1 is 1.12 bits per heavy atom. The predicted octanol–water partition coefficient (Wildman–Crippen LogP) is 1.70. The molecule has 1 aromatic heterocycles. The predicted molar refractivity (Wildman–Crippen MR) is 33.7 cm³/mol. The van der Waals surface area contributed by atoms with E-state index in [4.69, 9.17) is 0 Å².